The molecule has 2 heterocycles. The molecule has 5 heteroatoms. The Kier molecular flexibility index (Phi) is 5.57. The summed E-state index contributed by atoms with van der Waals surface area (Å²) in [6, 6.07) is 7.62. The topological polar surface area (TPSA) is 37.8 Å². The van der Waals surface area contributed by atoms with E-state index in [-0.39, 0.29) is 6.04 Å². The Labute approximate surface area is 135 Å². The van der Waals surface area contributed by atoms with Gasteiger partial charge in [0.05, 0.1) is 22.5 Å². The predicted molar refractivity (Wildman–Crippen MR) is 87.6 cm³/mol. The number of nitrogens with zero attached hydrogens (tertiary/aromatic N) is 2. The van der Waals surface area contributed by atoms with Crippen molar-refractivity contribution in [2.45, 2.75) is 33.4 Å². The highest BCUT2D eigenvalue weighted by atomic mass is 35.5. The van der Waals surface area contributed by atoms with Gasteiger partial charge in [-0.25, -0.2) is 4.98 Å². The summed E-state index contributed by atoms with van der Waals surface area (Å²) < 4.78 is 0. The van der Waals surface area contributed by atoms with Gasteiger partial charge in [0.25, 0.3) is 0 Å². The zero-order valence-corrected chi connectivity index (χ0v) is 13.9. The van der Waals surface area contributed by atoms with Crippen LogP contribution < -0.4 is 5.32 Å². The molecule has 0 fully saturated rings. The Morgan fingerprint density at radius 1 is 1.19 bits per heavy atom. The second-order valence-electron chi connectivity index (χ2n) is 5.37. The minimum atomic E-state index is 0.142. The van der Waals surface area contributed by atoms with Gasteiger partial charge in [0, 0.05) is 12.7 Å². The molecule has 1 atom stereocenters. The zero-order valence-electron chi connectivity index (χ0n) is 12.4. The van der Waals surface area contributed by atoms with Gasteiger partial charge in [-0.3, -0.25) is 4.98 Å². The average molecular weight is 324 g/mol. The van der Waals surface area contributed by atoms with Crippen LogP contribution in [-0.4, -0.2) is 9.97 Å². The molecule has 112 valence electrons. The van der Waals surface area contributed by atoms with Crippen LogP contribution in [0.15, 0.2) is 30.5 Å². The SMILES string of the molecule is Cc1cccnc1[C@H](NCc1nc(Cl)ccc1Cl)C(C)C. The minimum Gasteiger partial charge on any atom is -0.303 e. The molecule has 3 nitrogen and oxygen atoms in total. The molecule has 0 amide bonds. The first-order valence-electron chi connectivity index (χ1n) is 6.95. The maximum absolute atomic E-state index is 6.16. The van der Waals surface area contributed by atoms with E-state index in [4.69, 9.17) is 23.2 Å². The number of aromatic nitrogens is 2. The van der Waals surface area contributed by atoms with Crippen molar-refractivity contribution in [2.75, 3.05) is 0 Å². The number of hydrogen-bond donors (Lipinski definition) is 1. The van der Waals surface area contributed by atoms with Crippen molar-refractivity contribution in [2.24, 2.45) is 5.92 Å². The fourth-order valence-electron chi connectivity index (χ4n) is 2.26. The molecule has 0 aliphatic rings. The molecule has 0 saturated heterocycles. The van der Waals surface area contributed by atoms with Gasteiger partial charge in [0.1, 0.15) is 5.15 Å². The van der Waals surface area contributed by atoms with Crippen LogP contribution in [0.25, 0.3) is 0 Å². The van der Waals surface area contributed by atoms with Crippen LogP contribution in [0.1, 0.15) is 36.8 Å². The third kappa shape index (κ3) is 4.16. The van der Waals surface area contributed by atoms with E-state index in [0.29, 0.717) is 22.6 Å². The second-order valence-corrected chi connectivity index (χ2v) is 6.17. The van der Waals surface area contributed by atoms with E-state index < -0.39 is 0 Å². The Morgan fingerprint density at radius 2 is 1.95 bits per heavy atom. The summed E-state index contributed by atoms with van der Waals surface area (Å²) in [4.78, 5) is 8.78. The van der Waals surface area contributed by atoms with E-state index in [1.807, 2.05) is 12.3 Å². The molecule has 0 saturated carbocycles. The number of halogens is 2. The summed E-state index contributed by atoms with van der Waals surface area (Å²) in [5.74, 6) is 0.400. The summed E-state index contributed by atoms with van der Waals surface area (Å²) in [6.07, 6.45) is 1.82. The molecule has 2 aromatic rings. The number of rotatable bonds is 5. The fourth-order valence-corrected chi connectivity index (χ4v) is 2.60. The molecule has 0 bridgehead atoms. The van der Waals surface area contributed by atoms with Crippen LogP contribution in [0, 0.1) is 12.8 Å². The molecule has 0 spiro atoms. The molecule has 2 aromatic heterocycles. The Balaban J connectivity index is 2.18. The van der Waals surface area contributed by atoms with Gasteiger partial charge in [-0.2, -0.15) is 0 Å². The van der Waals surface area contributed by atoms with Gasteiger partial charge >= 0.3 is 0 Å². The number of aryl methyl sites for hydroxylation is 1. The third-order valence-corrected chi connectivity index (χ3v) is 3.94. The molecule has 0 aliphatic heterocycles. The molecule has 0 aromatic carbocycles. The average Bonchev–Trinajstić information content (AvgIpc) is 2.44. The standard InChI is InChI=1S/C16H19Cl2N3/c1-10(2)15(16-11(3)5-4-8-19-16)20-9-13-12(17)6-7-14(18)21-13/h4-8,10,15,20H,9H2,1-3H3/t15-/m1/s1. The van der Waals surface area contributed by atoms with Crippen LogP contribution in [-0.2, 0) is 6.54 Å². The summed E-state index contributed by atoms with van der Waals surface area (Å²) in [6.45, 7) is 6.96. The molecular weight excluding hydrogens is 305 g/mol. The van der Waals surface area contributed by atoms with Gasteiger partial charge in [-0.05, 0) is 36.6 Å². The van der Waals surface area contributed by atoms with Crippen LogP contribution in [0.3, 0.4) is 0 Å². The molecule has 0 radical (unpaired) electrons. The van der Waals surface area contributed by atoms with Gasteiger partial charge in [-0.15, -0.1) is 0 Å². The van der Waals surface area contributed by atoms with E-state index in [9.17, 15) is 0 Å². The molecule has 21 heavy (non-hydrogen) atoms. The van der Waals surface area contributed by atoms with E-state index >= 15 is 0 Å². The zero-order chi connectivity index (χ0) is 15.4. The predicted octanol–water partition coefficient (Wildman–Crippen LogP) is 4.58. The largest absolute Gasteiger partial charge is 0.303 e. The molecular formula is C16H19Cl2N3. The van der Waals surface area contributed by atoms with Gasteiger partial charge in [0.2, 0.25) is 0 Å². The van der Waals surface area contributed by atoms with Gasteiger partial charge in [0.15, 0.2) is 0 Å². The van der Waals surface area contributed by atoms with Crippen molar-refractivity contribution < 1.29 is 0 Å². The van der Waals surface area contributed by atoms with Gasteiger partial charge in [-0.1, -0.05) is 43.1 Å². The lowest BCUT2D eigenvalue weighted by molar-refractivity contribution is 0.398. The van der Waals surface area contributed by atoms with Crippen molar-refractivity contribution in [1.82, 2.24) is 15.3 Å². The number of pyridine rings is 2. The molecule has 2 rings (SSSR count). The summed E-state index contributed by atoms with van der Waals surface area (Å²) in [7, 11) is 0. The van der Waals surface area contributed by atoms with Crippen molar-refractivity contribution in [3.63, 3.8) is 0 Å². The fraction of sp³-hybridized carbons (Fsp3) is 0.375. The highest BCUT2D eigenvalue weighted by Gasteiger charge is 2.19. The Morgan fingerprint density at radius 3 is 2.62 bits per heavy atom. The third-order valence-electron chi connectivity index (χ3n) is 3.39. The highest BCUT2D eigenvalue weighted by Crippen LogP contribution is 2.24. The number of nitrogens with one attached hydrogen (secondary N) is 1. The maximum Gasteiger partial charge on any atom is 0.129 e. The lowest BCUT2D eigenvalue weighted by Gasteiger charge is -2.23. The van der Waals surface area contributed by atoms with E-state index in [0.717, 1.165) is 11.4 Å². The smallest absolute Gasteiger partial charge is 0.129 e. The van der Waals surface area contributed by atoms with Crippen LogP contribution in [0.4, 0.5) is 0 Å². The lowest BCUT2D eigenvalue weighted by atomic mass is 9.97. The van der Waals surface area contributed by atoms with Crippen LogP contribution in [0.5, 0.6) is 0 Å². The summed E-state index contributed by atoms with van der Waals surface area (Å²) in [5, 5.41) is 4.56. The quantitative estimate of drug-likeness (QED) is 0.818. The first-order valence-corrected chi connectivity index (χ1v) is 7.70. The van der Waals surface area contributed by atoms with Gasteiger partial charge < -0.3 is 5.32 Å². The van der Waals surface area contributed by atoms with Crippen molar-refractivity contribution in [3.8, 4) is 0 Å². The Bertz CT molecular complexity index is 614. The molecule has 1 N–H and O–H groups in total. The molecule has 0 unspecified atom stereocenters. The maximum atomic E-state index is 6.16. The first kappa shape index (κ1) is 16.2. The van der Waals surface area contributed by atoms with E-state index in [1.54, 1.807) is 12.1 Å². The van der Waals surface area contributed by atoms with E-state index in [1.165, 1.54) is 5.56 Å². The summed E-state index contributed by atoms with van der Waals surface area (Å²) in [5.41, 5.74) is 2.99. The van der Waals surface area contributed by atoms with E-state index in [2.05, 4.69) is 42.1 Å². The molecule has 0 aliphatic carbocycles. The van der Waals surface area contributed by atoms with Crippen molar-refractivity contribution in [3.05, 3.63) is 57.6 Å². The minimum absolute atomic E-state index is 0.142. The normalized spacial score (nSPS) is 12.7. The number of hydrogen-bond acceptors (Lipinski definition) is 3. The first-order chi connectivity index (χ1) is 9.99. The monoisotopic (exact) mass is 323 g/mol. The summed E-state index contributed by atoms with van der Waals surface area (Å²) >= 11 is 12.1. The van der Waals surface area contributed by atoms with Crippen LogP contribution in [0.2, 0.25) is 10.2 Å². The Hall–Kier alpha value is -1.16. The van der Waals surface area contributed by atoms with Crippen LogP contribution >= 0.6 is 23.2 Å². The van der Waals surface area contributed by atoms with Crippen molar-refractivity contribution in [1.29, 1.82) is 0 Å². The second kappa shape index (κ2) is 7.21. The van der Waals surface area contributed by atoms with Crippen molar-refractivity contribution >= 4 is 23.2 Å². The lowest BCUT2D eigenvalue weighted by Crippen LogP contribution is -2.27. The highest BCUT2D eigenvalue weighted by molar-refractivity contribution is 6.32.